The summed E-state index contributed by atoms with van der Waals surface area (Å²) in [5.74, 6) is -0.608. The number of hydrogen-bond acceptors (Lipinski definition) is 5. The number of aromatic nitrogens is 4. The molecule has 0 saturated carbocycles. The van der Waals surface area contributed by atoms with E-state index in [1.807, 2.05) is 6.92 Å². The molecule has 0 saturated heterocycles. The molecule has 0 unspecified atom stereocenters. The molecule has 2 heterocycles. The zero-order valence-corrected chi connectivity index (χ0v) is 12.2. The van der Waals surface area contributed by atoms with E-state index in [9.17, 15) is 14.9 Å². The first kappa shape index (κ1) is 15.0. The van der Waals surface area contributed by atoms with E-state index >= 15 is 0 Å². The molecule has 21 heavy (non-hydrogen) atoms. The Morgan fingerprint density at radius 3 is 2.86 bits per heavy atom. The number of aryl methyl sites for hydroxylation is 2. The molecule has 2 aromatic heterocycles. The topological polar surface area (TPSA) is 108 Å². The zero-order chi connectivity index (χ0) is 15.6. The van der Waals surface area contributed by atoms with Crippen LogP contribution in [0.4, 0.5) is 5.69 Å². The van der Waals surface area contributed by atoms with Gasteiger partial charge >= 0.3 is 5.69 Å². The molecular weight excluding hydrogens is 300 g/mol. The lowest BCUT2D eigenvalue weighted by Gasteiger charge is -2.03. The molecular formula is C11H13ClN6O3. The smallest absolute Gasteiger partial charge is 0.320 e. The SMILES string of the molecule is CCn1cc(Cl)c(CNC(=O)c2c([N+](=O)[O-])cnn2C)n1. The van der Waals surface area contributed by atoms with Crippen molar-refractivity contribution in [1.82, 2.24) is 24.9 Å². The predicted octanol–water partition coefficient (Wildman–Crippen LogP) is 1.13. The summed E-state index contributed by atoms with van der Waals surface area (Å²) in [6.45, 7) is 2.64. The minimum atomic E-state index is -0.652. The number of nitrogens with zero attached hydrogens (tertiary/aromatic N) is 5. The van der Waals surface area contributed by atoms with Crippen LogP contribution in [0.2, 0.25) is 5.02 Å². The summed E-state index contributed by atoms with van der Waals surface area (Å²) < 4.78 is 2.79. The second-order valence-electron chi connectivity index (χ2n) is 4.22. The molecule has 0 aromatic carbocycles. The molecule has 10 heteroatoms. The Hall–Kier alpha value is -2.42. The fraction of sp³-hybridized carbons (Fsp3) is 0.364. The summed E-state index contributed by atoms with van der Waals surface area (Å²) in [6, 6.07) is 0. The van der Waals surface area contributed by atoms with Crippen molar-refractivity contribution >= 4 is 23.2 Å². The third kappa shape index (κ3) is 3.02. The number of rotatable bonds is 5. The molecule has 0 spiro atoms. The molecule has 0 bridgehead atoms. The van der Waals surface area contributed by atoms with E-state index in [-0.39, 0.29) is 17.9 Å². The van der Waals surface area contributed by atoms with Crippen LogP contribution in [0.25, 0.3) is 0 Å². The lowest BCUT2D eigenvalue weighted by molar-refractivity contribution is -0.385. The molecule has 0 atom stereocenters. The average molecular weight is 313 g/mol. The summed E-state index contributed by atoms with van der Waals surface area (Å²) in [5.41, 5.74) is 0.0305. The van der Waals surface area contributed by atoms with E-state index in [0.717, 1.165) is 10.9 Å². The van der Waals surface area contributed by atoms with Crippen molar-refractivity contribution in [2.24, 2.45) is 7.05 Å². The van der Waals surface area contributed by atoms with Crippen LogP contribution < -0.4 is 5.32 Å². The normalized spacial score (nSPS) is 10.6. The van der Waals surface area contributed by atoms with Gasteiger partial charge in [-0.15, -0.1) is 0 Å². The Kier molecular flexibility index (Phi) is 4.22. The predicted molar refractivity (Wildman–Crippen MR) is 73.9 cm³/mol. The van der Waals surface area contributed by atoms with Crippen LogP contribution in [0, 0.1) is 10.1 Å². The maximum atomic E-state index is 12.1. The molecule has 2 aromatic rings. The first-order chi connectivity index (χ1) is 9.93. The van der Waals surface area contributed by atoms with Crippen LogP contribution >= 0.6 is 11.6 Å². The first-order valence-electron chi connectivity index (χ1n) is 6.10. The van der Waals surface area contributed by atoms with Crippen LogP contribution in [0.15, 0.2) is 12.4 Å². The number of hydrogen-bond donors (Lipinski definition) is 1. The fourth-order valence-electron chi connectivity index (χ4n) is 1.79. The van der Waals surface area contributed by atoms with Crippen molar-refractivity contribution in [2.75, 3.05) is 0 Å². The van der Waals surface area contributed by atoms with Crippen molar-refractivity contribution in [3.05, 3.63) is 38.9 Å². The fourth-order valence-corrected chi connectivity index (χ4v) is 2.01. The standard InChI is InChI=1S/C11H13ClN6O3/c1-3-17-6-7(12)8(15-17)4-13-11(19)10-9(18(20)21)5-14-16(10)2/h5-6H,3-4H2,1-2H3,(H,13,19). The van der Waals surface area contributed by atoms with E-state index in [2.05, 4.69) is 15.5 Å². The molecule has 0 radical (unpaired) electrons. The molecule has 0 aliphatic heterocycles. The minimum Gasteiger partial charge on any atom is -0.345 e. The highest BCUT2D eigenvalue weighted by Gasteiger charge is 2.25. The zero-order valence-electron chi connectivity index (χ0n) is 11.4. The molecule has 1 amide bonds. The van der Waals surface area contributed by atoms with Gasteiger partial charge in [-0.25, -0.2) is 0 Å². The van der Waals surface area contributed by atoms with Gasteiger partial charge in [0.1, 0.15) is 11.9 Å². The second-order valence-corrected chi connectivity index (χ2v) is 4.63. The Bertz CT molecular complexity index is 692. The van der Waals surface area contributed by atoms with E-state index in [4.69, 9.17) is 11.6 Å². The summed E-state index contributed by atoms with van der Waals surface area (Å²) >= 11 is 5.98. The lowest BCUT2D eigenvalue weighted by atomic mass is 10.3. The quantitative estimate of drug-likeness (QED) is 0.657. The van der Waals surface area contributed by atoms with Crippen LogP contribution in [0.1, 0.15) is 23.1 Å². The van der Waals surface area contributed by atoms with Gasteiger partial charge in [0.25, 0.3) is 5.91 Å². The Labute approximate surface area is 124 Å². The van der Waals surface area contributed by atoms with E-state index in [1.165, 1.54) is 7.05 Å². The summed E-state index contributed by atoms with van der Waals surface area (Å²) in [4.78, 5) is 22.3. The van der Waals surface area contributed by atoms with Gasteiger partial charge in [-0.2, -0.15) is 10.2 Å². The highest BCUT2D eigenvalue weighted by molar-refractivity contribution is 6.31. The van der Waals surface area contributed by atoms with Gasteiger partial charge < -0.3 is 5.32 Å². The number of halogens is 1. The average Bonchev–Trinajstić information content (AvgIpc) is 2.99. The van der Waals surface area contributed by atoms with Gasteiger partial charge in [0, 0.05) is 19.8 Å². The van der Waals surface area contributed by atoms with Crippen LogP contribution in [-0.2, 0) is 20.1 Å². The Balaban J connectivity index is 2.13. The third-order valence-corrected chi connectivity index (χ3v) is 3.17. The van der Waals surface area contributed by atoms with Gasteiger partial charge in [-0.05, 0) is 6.92 Å². The molecule has 2 rings (SSSR count). The number of nitro groups is 1. The van der Waals surface area contributed by atoms with Crippen LogP contribution in [-0.4, -0.2) is 30.4 Å². The molecule has 1 N–H and O–H groups in total. The largest absolute Gasteiger partial charge is 0.345 e. The van der Waals surface area contributed by atoms with Gasteiger partial charge in [0.05, 0.1) is 16.5 Å². The highest BCUT2D eigenvalue weighted by Crippen LogP contribution is 2.17. The monoisotopic (exact) mass is 312 g/mol. The summed E-state index contributed by atoms with van der Waals surface area (Å²) in [7, 11) is 1.46. The van der Waals surface area contributed by atoms with Gasteiger partial charge in [-0.1, -0.05) is 11.6 Å². The van der Waals surface area contributed by atoms with Crippen molar-refractivity contribution in [3.8, 4) is 0 Å². The van der Waals surface area contributed by atoms with Gasteiger partial charge in [0.15, 0.2) is 0 Å². The third-order valence-electron chi connectivity index (χ3n) is 2.86. The van der Waals surface area contributed by atoms with Crippen molar-refractivity contribution in [1.29, 1.82) is 0 Å². The molecule has 0 aliphatic rings. The molecule has 112 valence electrons. The molecule has 0 aliphatic carbocycles. The van der Waals surface area contributed by atoms with E-state index in [1.54, 1.807) is 10.9 Å². The summed E-state index contributed by atoms with van der Waals surface area (Å²) in [5, 5.41) is 21.7. The number of nitrogens with one attached hydrogen (secondary N) is 1. The van der Waals surface area contributed by atoms with Crippen molar-refractivity contribution in [3.63, 3.8) is 0 Å². The van der Waals surface area contributed by atoms with Crippen LogP contribution in [0.5, 0.6) is 0 Å². The number of amides is 1. The Morgan fingerprint density at radius 2 is 2.29 bits per heavy atom. The van der Waals surface area contributed by atoms with E-state index in [0.29, 0.717) is 17.3 Å². The lowest BCUT2D eigenvalue weighted by Crippen LogP contribution is -2.26. The van der Waals surface area contributed by atoms with Crippen molar-refractivity contribution < 1.29 is 9.72 Å². The number of carbonyl (C=O) groups excluding carboxylic acids is 1. The number of carbonyl (C=O) groups is 1. The van der Waals surface area contributed by atoms with Gasteiger partial charge in [-0.3, -0.25) is 24.3 Å². The highest BCUT2D eigenvalue weighted by atomic mass is 35.5. The minimum absolute atomic E-state index is 0.0764. The Morgan fingerprint density at radius 1 is 1.57 bits per heavy atom. The van der Waals surface area contributed by atoms with E-state index < -0.39 is 10.8 Å². The van der Waals surface area contributed by atoms with Gasteiger partial charge in [0.2, 0.25) is 5.69 Å². The molecule has 0 fully saturated rings. The molecule has 9 nitrogen and oxygen atoms in total. The van der Waals surface area contributed by atoms with Crippen LogP contribution in [0.3, 0.4) is 0 Å². The maximum Gasteiger partial charge on any atom is 0.320 e. The van der Waals surface area contributed by atoms with Crippen molar-refractivity contribution in [2.45, 2.75) is 20.0 Å². The second kappa shape index (κ2) is 5.92. The maximum absolute atomic E-state index is 12.1. The first-order valence-corrected chi connectivity index (χ1v) is 6.48. The summed E-state index contributed by atoms with van der Waals surface area (Å²) in [6.07, 6.45) is 2.68.